The molecule has 1 nitrogen and oxygen atoms in total. The minimum atomic E-state index is -0.0702. The fourth-order valence-corrected chi connectivity index (χ4v) is 1.62. The Hall–Kier alpha value is -1.55. The van der Waals surface area contributed by atoms with E-state index in [1.807, 2.05) is 18.2 Å². The smallest absolute Gasteiger partial charge is 0.235 e. The van der Waals surface area contributed by atoms with E-state index in [0.29, 0.717) is 5.56 Å². The first-order valence-corrected chi connectivity index (χ1v) is 6.43. The lowest BCUT2D eigenvalue weighted by Gasteiger charge is -1.94. The van der Waals surface area contributed by atoms with Crippen molar-refractivity contribution in [3.05, 3.63) is 35.9 Å². The molecule has 1 aromatic rings. The van der Waals surface area contributed by atoms with Gasteiger partial charge >= 0.3 is 0 Å². The Bertz CT molecular complexity index is 381. The van der Waals surface area contributed by atoms with Crippen LogP contribution in [0.25, 0.3) is 0 Å². The molecule has 1 heteroatoms. The number of hydrogen-bond acceptors (Lipinski definition) is 1. The van der Waals surface area contributed by atoms with E-state index in [1.54, 1.807) is 12.1 Å². The Balaban J connectivity index is 2.23. The first-order valence-electron chi connectivity index (χ1n) is 6.43. The molecule has 0 aromatic heterocycles. The second kappa shape index (κ2) is 8.58. The van der Waals surface area contributed by atoms with Crippen LogP contribution in [-0.2, 0) is 0 Å². The molecule has 0 aliphatic carbocycles. The van der Waals surface area contributed by atoms with Gasteiger partial charge in [-0.1, -0.05) is 68.9 Å². The molecule has 0 aliphatic heterocycles. The van der Waals surface area contributed by atoms with Gasteiger partial charge in [0.25, 0.3) is 0 Å². The van der Waals surface area contributed by atoms with Gasteiger partial charge in [-0.3, -0.25) is 4.79 Å². The van der Waals surface area contributed by atoms with Crippen LogP contribution >= 0.6 is 0 Å². The van der Waals surface area contributed by atoms with Crippen LogP contribution in [0.15, 0.2) is 30.3 Å². The zero-order valence-electron chi connectivity index (χ0n) is 10.5. The predicted octanol–water partition coefficient (Wildman–Crippen LogP) is 4.23. The van der Waals surface area contributed by atoms with Crippen LogP contribution < -0.4 is 0 Å². The Morgan fingerprint density at radius 2 is 1.76 bits per heavy atom. The lowest BCUT2D eigenvalue weighted by Crippen LogP contribution is -1.93. The van der Waals surface area contributed by atoms with E-state index in [9.17, 15) is 4.79 Å². The summed E-state index contributed by atoms with van der Waals surface area (Å²) in [4.78, 5) is 11.6. The highest BCUT2D eigenvalue weighted by atomic mass is 16.1. The highest BCUT2D eigenvalue weighted by Gasteiger charge is 1.98. The highest BCUT2D eigenvalue weighted by Crippen LogP contribution is 2.04. The SMILES string of the molecule is CCCCCCCC#CC(=O)c1ccccc1. The summed E-state index contributed by atoms with van der Waals surface area (Å²) in [7, 11) is 0. The summed E-state index contributed by atoms with van der Waals surface area (Å²) in [6.45, 7) is 2.21. The average Bonchev–Trinajstić information content (AvgIpc) is 2.38. The van der Waals surface area contributed by atoms with Crippen molar-refractivity contribution in [1.82, 2.24) is 0 Å². The molecule has 0 radical (unpaired) electrons. The zero-order chi connectivity index (χ0) is 12.3. The molecule has 1 aromatic carbocycles. The molecule has 17 heavy (non-hydrogen) atoms. The Labute approximate surface area is 104 Å². The van der Waals surface area contributed by atoms with Gasteiger partial charge in [0.2, 0.25) is 5.78 Å². The second-order valence-corrected chi connectivity index (χ2v) is 4.16. The standard InChI is InChI=1S/C16H20O/c1-2-3-4-5-6-7-11-14-16(17)15-12-9-8-10-13-15/h8-10,12-13H,2-7H2,1H3. The molecule has 1 rings (SSSR count). The lowest BCUT2D eigenvalue weighted by molar-refractivity contribution is 0.105. The number of ketones is 1. The van der Waals surface area contributed by atoms with Gasteiger partial charge in [-0.15, -0.1) is 0 Å². The number of unbranched alkanes of at least 4 members (excludes halogenated alkanes) is 5. The zero-order valence-corrected chi connectivity index (χ0v) is 10.5. The molecule has 0 atom stereocenters. The number of hydrogen-bond donors (Lipinski definition) is 0. The van der Waals surface area contributed by atoms with E-state index in [0.717, 1.165) is 12.8 Å². The minimum Gasteiger partial charge on any atom is -0.279 e. The number of Topliss-reactive ketones (excluding diaryl/α,β-unsaturated/α-hetero) is 1. The largest absolute Gasteiger partial charge is 0.279 e. The van der Waals surface area contributed by atoms with Crippen LogP contribution in [-0.4, -0.2) is 5.78 Å². The first kappa shape index (κ1) is 13.5. The van der Waals surface area contributed by atoms with Crippen molar-refractivity contribution in [1.29, 1.82) is 0 Å². The Morgan fingerprint density at radius 1 is 1.06 bits per heavy atom. The van der Waals surface area contributed by atoms with Crippen molar-refractivity contribution in [2.45, 2.75) is 45.4 Å². The topological polar surface area (TPSA) is 17.1 Å². The van der Waals surface area contributed by atoms with Crippen molar-refractivity contribution in [2.75, 3.05) is 0 Å². The van der Waals surface area contributed by atoms with Crippen LogP contribution in [0, 0.1) is 11.8 Å². The number of carbonyl (C=O) groups is 1. The molecule has 0 saturated carbocycles. The maximum Gasteiger partial charge on any atom is 0.235 e. The lowest BCUT2D eigenvalue weighted by atomic mass is 10.1. The molecule has 0 aliphatic rings. The fraction of sp³-hybridized carbons (Fsp3) is 0.438. The van der Waals surface area contributed by atoms with Crippen molar-refractivity contribution in [3.8, 4) is 11.8 Å². The predicted molar refractivity (Wildman–Crippen MR) is 71.9 cm³/mol. The summed E-state index contributed by atoms with van der Waals surface area (Å²) in [5.74, 6) is 5.59. The van der Waals surface area contributed by atoms with Crippen molar-refractivity contribution >= 4 is 5.78 Å². The third-order valence-corrected chi connectivity index (χ3v) is 2.64. The van der Waals surface area contributed by atoms with Crippen molar-refractivity contribution in [2.24, 2.45) is 0 Å². The minimum absolute atomic E-state index is 0.0702. The number of carbonyl (C=O) groups excluding carboxylic acids is 1. The van der Waals surface area contributed by atoms with E-state index in [1.165, 1.54) is 25.7 Å². The van der Waals surface area contributed by atoms with Crippen LogP contribution in [0.1, 0.15) is 55.8 Å². The second-order valence-electron chi connectivity index (χ2n) is 4.16. The molecular formula is C16H20O. The van der Waals surface area contributed by atoms with E-state index in [2.05, 4.69) is 18.8 Å². The average molecular weight is 228 g/mol. The van der Waals surface area contributed by atoms with Gasteiger partial charge in [0.1, 0.15) is 0 Å². The Kier molecular flexibility index (Phi) is 6.82. The molecule has 0 heterocycles. The van der Waals surface area contributed by atoms with Gasteiger partial charge in [0, 0.05) is 12.0 Å². The molecule has 0 fully saturated rings. The maximum atomic E-state index is 11.6. The maximum absolute atomic E-state index is 11.6. The highest BCUT2D eigenvalue weighted by molar-refractivity contribution is 6.08. The number of benzene rings is 1. The van der Waals surface area contributed by atoms with Crippen LogP contribution in [0.2, 0.25) is 0 Å². The molecular weight excluding hydrogens is 208 g/mol. The van der Waals surface area contributed by atoms with E-state index < -0.39 is 0 Å². The Morgan fingerprint density at radius 3 is 2.47 bits per heavy atom. The van der Waals surface area contributed by atoms with Gasteiger partial charge in [-0.2, -0.15) is 0 Å². The van der Waals surface area contributed by atoms with Gasteiger partial charge in [0.15, 0.2) is 0 Å². The fourth-order valence-electron chi connectivity index (χ4n) is 1.62. The molecule has 0 N–H and O–H groups in total. The van der Waals surface area contributed by atoms with Gasteiger partial charge in [0.05, 0.1) is 0 Å². The molecule has 0 unspecified atom stereocenters. The summed E-state index contributed by atoms with van der Waals surface area (Å²) in [5.41, 5.74) is 0.686. The van der Waals surface area contributed by atoms with Gasteiger partial charge < -0.3 is 0 Å². The molecule has 0 bridgehead atoms. The summed E-state index contributed by atoms with van der Waals surface area (Å²) >= 11 is 0. The summed E-state index contributed by atoms with van der Waals surface area (Å²) in [5, 5.41) is 0. The number of rotatable bonds is 6. The molecule has 90 valence electrons. The molecule has 0 amide bonds. The summed E-state index contributed by atoms with van der Waals surface area (Å²) in [6, 6.07) is 9.23. The third kappa shape index (κ3) is 5.92. The van der Waals surface area contributed by atoms with Crippen molar-refractivity contribution in [3.63, 3.8) is 0 Å². The first-order chi connectivity index (χ1) is 8.34. The molecule has 0 saturated heterocycles. The quantitative estimate of drug-likeness (QED) is 0.308. The van der Waals surface area contributed by atoms with E-state index in [4.69, 9.17) is 0 Å². The summed E-state index contributed by atoms with van der Waals surface area (Å²) < 4.78 is 0. The van der Waals surface area contributed by atoms with Crippen LogP contribution in [0.5, 0.6) is 0 Å². The van der Waals surface area contributed by atoms with E-state index in [-0.39, 0.29) is 5.78 Å². The van der Waals surface area contributed by atoms with E-state index >= 15 is 0 Å². The summed E-state index contributed by atoms with van der Waals surface area (Å²) in [6.07, 6.45) is 7.01. The van der Waals surface area contributed by atoms with Crippen molar-refractivity contribution < 1.29 is 4.79 Å². The van der Waals surface area contributed by atoms with Crippen LogP contribution in [0.4, 0.5) is 0 Å². The third-order valence-electron chi connectivity index (χ3n) is 2.64. The molecule has 0 spiro atoms. The normalized spacial score (nSPS) is 9.47. The van der Waals surface area contributed by atoms with Gasteiger partial charge in [-0.25, -0.2) is 0 Å². The monoisotopic (exact) mass is 228 g/mol. The van der Waals surface area contributed by atoms with Gasteiger partial charge in [-0.05, 0) is 12.3 Å². The van der Waals surface area contributed by atoms with Crippen LogP contribution in [0.3, 0.4) is 0 Å².